The van der Waals surface area contributed by atoms with Crippen molar-refractivity contribution >= 4 is 11.8 Å². The van der Waals surface area contributed by atoms with Crippen LogP contribution in [0.2, 0.25) is 0 Å². The van der Waals surface area contributed by atoms with Crippen molar-refractivity contribution < 1.29 is 34.4 Å². The average molecular weight is 352 g/mol. The molecule has 25 heavy (non-hydrogen) atoms. The molecular weight excluding hydrogens is 328 g/mol. The van der Waals surface area contributed by atoms with Gasteiger partial charge in [-0.1, -0.05) is 26.7 Å². The summed E-state index contributed by atoms with van der Waals surface area (Å²) < 4.78 is 10.7. The number of carbonyl (C=O) groups excluding carboxylic acids is 2. The Balaban J connectivity index is 1.94. The Hall–Kier alpha value is -1.44. The number of rotatable bonds is 0. The van der Waals surface area contributed by atoms with Crippen molar-refractivity contribution in [3.63, 3.8) is 0 Å². The molecule has 3 N–H and O–H groups in total. The fourth-order valence-corrected chi connectivity index (χ4v) is 5.47. The molecule has 2 saturated carbocycles. The minimum absolute atomic E-state index is 0.246. The molecule has 7 atom stereocenters. The van der Waals surface area contributed by atoms with E-state index in [-0.39, 0.29) is 11.3 Å². The number of aliphatic hydroxyl groups excluding tert-OH is 1. The topological polar surface area (TPSA) is 113 Å². The number of aliphatic hydroxyl groups is 3. The molecule has 2 heterocycles. The number of ketones is 1. The second kappa shape index (κ2) is 4.84. The maximum Gasteiger partial charge on any atom is 0.348 e. The number of cyclic esters (lactones) is 1. The highest BCUT2D eigenvalue weighted by Gasteiger charge is 2.69. The Morgan fingerprint density at radius 3 is 2.52 bits per heavy atom. The molecule has 138 valence electrons. The van der Waals surface area contributed by atoms with Crippen LogP contribution in [0.25, 0.3) is 0 Å². The number of hydrogen-bond acceptors (Lipinski definition) is 7. The van der Waals surface area contributed by atoms with E-state index in [1.165, 1.54) is 6.92 Å². The van der Waals surface area contributed by atoms with Crippen LogP contribution >= 0.6 is 0 Å². The third-order valence-electron chi connectivity index (χ3n) is 7.02. The third-order valence-corrected chi connectivity index (χ3v) is 7.02. The van der Waals surface area contributed by atoms with E-state index in [9.17, 15) is 24.9 Å². The van der Waals surface area contributed by atoms with Gasteiger partial charge in [-0.2, -0.15) is 0 Å². The molecule has 2 aliphatic carbocycles. The Bertz CT molecular complexity index is 696. The first kappa shape index (κ1) is 17.0. The van der Waals surface area contributed by atoms with Gasteiger partial charge in [0.1, 0.15) is 17.8 Å². The summed E-state index contributed by atoms with van der Waals surface area (Å²) in [6.07, 6.45) is 0.423. The zero-order valence-corrected chi connectivity index (χ0v) is 14.6. The lowest BCUT2D eigenvalue weighted by Crippen LogP contribution is -2.69. The summed E-state index contributed by atoms with van der Waals surface area (Å²) in [6.45, 7) is 4.76. The molecule has 7 heteroatoms. The molecule has 4 rings (SSSR count). The number of esters is 1. The monoisotopic (exact) mass is 352 g/mol. The minimum atomic E-state index is -2.05. The number of Topliss-reactive ketones (excluding diaryl/α,β-unsaturated/α-hetero) is 1. The van der Waals surface area contributed by atoms with E-state index in [4.69, 9.17) is 9.47 Å². The van der Waals surface area contributed by atoms with Crippen LogP contribution in [-0.2, 0) is 19.1 Å². The summed E-state index contributed by atoms with van der Waals surface area (Å²) in [5.74, 6) is -4.62. The number of fused-ring (bicyclic) bond motifs is 4. The first-order valence-electron chi connectivity index (χ1n) is 8.87. The highest BCUT2D eigenvalue weighted by molar-refractivity contribution is 6.21. The lowest BCUT2D eigenvalue weighted by molar-refractivity contribution is -0.257. The summed E-state index contributed by atoms with van der Waals surface area (Å²) in [7, 11) is 0. The van der Waals surface area contributed by atoms with Crippen LogP contribution in [-0.4, -0.2) is 50.7 Å². The normalized spacial score (nSPS) is 52.1. The van der Waals surface area contributed by atoms with Gasteiger partial charge < -0.3 is 24.8 Å². The number of carbonyl (C=O) groups is 2. The molecule has 0 amide bonds. The van der Waals surface area contributed by atoms with E-state index in [0.29, 0.717) is 12.8 Å². The molecule has 7 nitrogen and oxygen atoms in total. The van der Waals surface area contributed by atoms with Crippen molar-refractivity contribution in [1.82, 2.24) is 0 Å². The maximum absolute atomic E-state index is 13.4. The smallest absolute Gasteiger partial charge is 0.348 e. The molecule has 2 aliphatic heterocycles. The van der Waals surface area contributed by atoms with Crippen molar-refractivity contribution in [3.8, 4) is 0 Å². The highest BCUT2D eigenvalue weighted by atomic mass is 16.7. The fourth-order valence-electron chi connectivity index (χ4n) is 5.47. The van der Waals surface area contributed by atoms with Gasteiger partial charge in [0.25, 0.3) is 5.79 Å². The van der Waals surface area contributed by atoms with Gasteiger partial charge in [0.05, 0.1) is 5.60 Å². The van der Waals surface area contributed by atoms with Crippen LogP contribution in [0.5, 0.6) is 0 Å². The summed E-state index contributed by atoms with van der Waals surface area (Å²) in [4.78, 5) is 25.7. The van der Waals surface area contributed by atoms with E-state index in [0.717, 1.165) is 12.8 Å². The molecule has 1 unspecified atom stereocenters. The molecule has 2 bridgehead atoms. The van der Waals surface area contributed by atoms with Crippen molar-refractivity contribution in [2.75, 3.05) is 0 Å². The third kappa shape index (κ3) is 1.86. The van der Waals surface area contributed by atoms with Gasteiger partial charge in [0, 0.05) is 24.2 Å². The van der Waals surface area contributed by atoms with Gasteiger partial charge in [-0.3, -0.25) is 4.79 Å². The first-order chi connectivity index (χ1) is 11.5. The lowest BCUT2D eigenvalue weighted by atomic mass is 9.48. The molecule has 0 aromatic carbocycles. The summed E-state index contributed by atoms with van der Waals surface area (Å²) in [6, 6.07) is 0. The largest absolute Gasteiger partial charge is 0.484 e. The molecule has 0 saturated heterocycles. The standard InChI is InChI=1S/C18H24O7/c1-8-11-13(20)18(23)7-5-4-6-9(18)16(8,2)12(19)10-14(24-11)17(3,22)25-15(10)21/h8-9,11,13,20,22-23H,4-7H2,1-3H3/t8-,9+,11+,13-,16-,17?,18+/m0/s1. The lowest BCUT2D eigenvalue weighted by Gasteiger charge is -2.59. The van der Waals surface area contributed by atoms with Crippen LogP contribution in [0.1, 0.15) is 46.5 Å². The van der Waals surface area contributed by atoms with Crippen LogP contribution in [0.3, 0.4) is 0 Å². The Kier molecular flexibility index (Phi) is 3.29. The Morgan fingerprint density at radius 1 is 1.16 bits per heavy atom. The molecular formula is C18H24O7. The van der Waals surface area contributed by atoms with E-state index in [2.05, 4.69) is 0 Å². The quantitative estimate of drug-likeness (QED) is 0.427. The zero-order chi connectivity index (χ0) is 18.4. The van der Waals surface area contributed by atoms with E-state index < -0.39 is 52.6 Å². The predicted molar refractivity (Wildman–Crippen MR) is 83.8 cm³/mol. The SMILES string of the molecule is C[C@H]1[C@H]2OC3=C(C(=O)OC3(C)O)C(=O)[C@]1(C)[C@H]1CCCC[C@]1(O)[C@H]2O. The van der Waals surface area contributed by atoms with Crippen LogP contribution in [0.4, 0.5) is 0 Å². The molecule has 0 aromatic heterocycles. The second-order valence-corrected chi connectivity index (χ2v) is 8.29. The van der Waals surface area contributed by atoms with Gasteiger partial charge in [0.2, 0.25) is 0 Å². The molecule has 2 fully saturated rings. The van der Waals surface area contributed by atoms with Crippen molar-refractivity contribution in [2.24, 2.45) is 17.3 Å². The molecule has 4 aliphatic rings. The van der Waals surface area contributed by atoms with Gasteiger partial charge >= 0.3 is 5.97 Å². The minimum Gasteiger partial charge on any atom is -0.484 e. The van der Waals surface area contributed by atoms with Crippen LogP contribution in [0.15, 0.2) is 11.3 Å². The number of hydrogen-bond donors (Lipinski definition) is 3. The first-order valence-corrected chi connectivity index (χ1v) is 8.87. The summed E-state index contributed by atoms with van der Waals surface area (Å²) >= 11 is 0. The van der Waals surface area contributed by atoms with E-state index in [1.807, 2.05) is 0 Å². The number of ether oxygens (including phenoxy) is 2. The van der Waals surface area contributed by atoms with Gasteiger partial charge in [-0.25, -0.2) is 4.79 Å². The van der Waals surface area contributed by atoms with E-state index in [1.54, 1.807) is 13.8 Å². The van der Waals surface area contributed by atoms with Crippen molar-refractivity contribution in [2.45, 2.75) is 70.1 Å². The highest BCUT2D eigenvalue weighted by Crippen LogP contribution is 2.60. The van der Waals surface area contributed by atoms with Gasteiger partial charge in [0.15, 0.2) is 11.5 Å². The van der Waals surface area contributed by atoms with Gasteiger partial charge in [-0.15, -0.1) is 0 Å². The predicted octanol–water partition coefficient (Wildman–Crippen LogP) is 0.412. The summed E-state index contributed by atoms with van der Waals surface area (Å²) in [5, 5.41) is 32.6. The Labute approximate surface area is 145 Å². The van der Waals surface area contributed by atoms with Crippen LogP contribution < -0.4 is 0 Å². The second-order valence-electron chi connectivity index (χ2n) is 8.29. The van der Waals surface area contributed by atoms with Crippen molar-refractivity contribution in [3.05, 3.63) is 11.3 Å². The molecule has 0 radical (unpaired) electrons. The maximum atomic E-state index is 13.4. The summed E-state index contributed by atoms with van der Waals surface area (Å²) in [5.41, 5.74) is -2.82. The van der Waals surface area contributed by atoms with E-state index >= 15 is 0 Å². The molecule has 0 aromatic rings. The zero-order valence-electron chi connectivity index (χ0n) is 14.6. The van der Waals surface area contributed by atoms with Crippen molar-refractivity contribution in [1.29, 1.82) is 0 Å². The molecule has 0 spiro atoms. The fraction of sp³-hybridized carbons (Fsp3) is 0.778. The van der Waals surface area contributed by atoms with Gasteiger partial charge in [-0.05, 0) is 12.8 Å². The van der Waals surface area contributed by atoms with Crippen LogP contribution in [0, 0.1) is 17.3 Å². The average Bonchev–Trinajstić information content (AvgIpc) is 2.72. The Morgan fingerprint density at radius 2 is 1.84 bits per heavy atom.